The van der Waals surface area contributed by atoms with E-state index >= 15 is 0 Å². The Labute approximate surface area is 113 Å². The van der Waals surface area contributed by atoms with E-state index in [0.717, 1.165) is 0 Å². The van der Waals surface area contributed by atoms with Crippen LogP contribution in [0.4, 0.5) is 0 Å². The lowest BCUT2D eigenvalue weighted by atomic mass is 10.3. The third-order valence-electron chi connectivity index (χ3n) is 2.16. The highest BCUT2D eigenvalue weighted by Gasteiger charge is 2.14. The maximum absolute atomic E-state index is 11.4. The summed E-state index contributed by atoms with van der Waals surface area (Å²) >= 11 is 11.9. The summed E-state index contributed by atoms with van der Waals surface area (Å²) in [5, 5.41) is 8.28. The van der Waals surface area contributed by atoms with Gasteiger partial charge in [0.25, 0.3) is 0 Å². The minimum atomic E-state index is -0.526. The van der Waals surface area contributed by atoms with E-state index in [2.05, 4.69) is 10.3 Å². The molecule has 2 aromatic rings. The zero-order valence-electron chi connectivity index (χ0n) is 9.43. The maximum atomic E-state index is 11.4. The van der Waals surface area contributed by atoms with Crippen molar-refractivity contribution in [2.75, 3.05) is 6.61 Å². The van der Waals surface area contributed by atoms with Crippen molar-refractivity contribution in [1.82, 2.24) is 15.0 Å². The average molecular weight is 286 g/mol. The van der Waals surface area contributed by atoms with Gasteiger partial charge in [-0.15, -0.1) is 5.10 Å². The van der Waals surface area contributed by atoms with Gasteiger partial charge < -0.3 is 4.74 Å². The molecule has 0 aliphatic rings. The third-order valence-corrected chi connectivity index (χ3v) is 2.96. The Hall–Kier alpha value is -1.59. The number of halogens is 2. The van der Waals surface area contributed by atoms with Crippen LogP contribution >= 0.6 is 23.2 Å². The fraction of sp³-hybridized carbons (Fsp3) is 0.182. The molecule has 0 atom stereocenters. The standard InChI is InChI=1S/C11H9Cl2N3O2/c1-2-18-11(17)8-6-16(15-14-8)9-5-3-4-7(12)10(9)13/h3-6H,2H2,1H3. The largest absolute Gasteiger partial charge is 0.461 e. The smallest absolute Gasteiger partial charge is 0.360 e. The number of ether oxygens (including phenoxy) is 1. The van der Waals surface area contributed by atoms with Gasteiger partial charge in [-0.05, 0) is 19.1 Å². The fourth-order valence-electron chi connectivity index (χ4n) is 1.35. The molecule has 1 heterocycles. The van der Waals surface area contributed by atoms with E-state index in [4.69, 9.17) is 27.9 Å². The molecule has 0 saturated carbocycles. The monoisotopic (exact) mass is 285 g/mol. The van der Waals surface area contributed by atoms with Crippen LogP contribution in [0.2, 0.25) is 10.0 Å². The van der Waals surface area contributed by atoms with Crippen LogP contribution in [0.3, 0.4) is 0 Å². The normalized spacial score (nSPS) is 10.4. The highest BCUT2D eigenvalue weighted by atomic mass is 35.5. The van der Waals surface area contributed by atoms with Crippen molar-refractivity contribution >= 4 is 29.2 Å². The lowest BCUT2D eigenvalue weighted by Gasteiger charge is -2.03. The number of esters is 1. The topological polar surface area (TPSA) is 57.0 Å². The zero-order chi connectivity index (χ0) is 13.1. The molecule has 0 saturated heterocycles. The van der Waals surface area contributed by atoms with Crippen molar-refractivity contribution in [1.29, 1.82) is 0 Å². The molecular formula is C11H9Cl2N3O2. The van der Waals surface area contributed by atoms with E-state index < -0.39 is 5.97 Å². The first-order valence-electron chi connectivity index (χ1n) is 5.17. The van der Waals surface area contributed by atoms with Gasteiger partial charge in [0.15, 0.2) is 5.69 Å². The van der Waals surface area contributed by atoms with E-state index in [1.807, 2.05) is 0 Å². The second-order valence-electron chi connectivity index (χ2n) is 3.34. The summed E-state index contributed by atoms with van der Waals surface area (Å²) in [6.07, 6.45) is 1.44. The highest BCUT2D eigenvalue weighted by molar-refractivity contribution is 6.43. The first kappa shape index (κ1) is 12.9. The van der Waals surface area contributed by atoms with Gasteiger partial charge in [0.05, 0.1) is 28.5 Å². The van der Waals surface area contributed by atoms with Gasteiger partial charge in [0.1, 0.15) is 0 Å². The molecule has 0 fully saturated rings. The van der Waals surface area contributed by atoms with Crippen molar-refractivity contribution < 1.29 is 9.53 Å². The Kier molecular flexibility index (Phi) is 3.84. The second-order valence-corrected chi connectivity index (χ2v) is 4.13. The Bertz CT molecular complexity index is 583. The van der Waals surface area contributed by atoms with E-state index in [1.54, 1.807) is 25.1 Å². The first-order valence-corrected chi connectivity index (χ1v) is 5.93. The van der Waals surface area contributed by atoms with Gasteiger partial charge in [-0.25, -0.2) is 9.48 Å². The summed E-state index contributed by atoms with van der Waals surface area (Å²) in [6.45, 7) is 2.00. The molecule has 0 amide bonds. The van der Waals surface area contributed by atoms with Gasteiger partial charge in [-0.3, -0.25) is 0 Å². The van der Waals surface area contributed by atoms with Crippen molar-refractivity contribution in [2.45, 2.75) is 6.92 Å². The molecule has 0 radical (unpaired) electrons. The Morgan fingerprint density at radius 1 is 1.44 bits per heavy atom. The van der Waals surface area contributed by atoms with Gasteiger partial charge >= 0.3 is 5.97 Å². The number of aromatic nitrogens is 3. The summed E-state index contributed by atoms with van der Waals surface area (Å²) in [7, 11) is 0. The Morgan fingerprint density at radius 3 is 2.94 bits per heavy atom. The van der Waals surface area contributed by atoms with Crippen molar-refractivity contribution in [3.63, 3.8) is 0 Å². The Balaban J connectivity index is 2.35. The van der Waals surface area contributed by atoms with E-state index in [-0.39, 0.29) is 12.3 Å². The number of nitrogens with zero attached hydrogens (tertiary/aromatic N) is 3. The predicted molar refractivity (Wildman–Crippen MR) is 67.3 cm³/mol. The van der Waals surface area contributed by atoms with Crippen LogP contribution in [0.15, 0.2) is 24.4 Å². The third kappa shape index (κ3) is 2.47. The summed E-state index contributed by atoms with van der Waals surface area (Å²) in [4.78, 5) is 11.4. The molecule has 0 aliphatic carbocycles. The van der Waals surface area contributed by atoms with Crippen LogP contribution in [-0.2, 0) is 4.74 Å². The molecule has 2 rings (SSSR count). The summed E-state index contributed by atoms with van der Waals surface area (Å²) in [6, 6.07) is 5.11. The minimum Gasteiger partial charge on any atom is -0.461 e. The van der Waals surface area contributed by atoms with Crippen LogP contribution in [0, 0.1) is 0 Å². The average Bonchev–Trinajstić information content (AvgIpc) is 2.82. The highest BCUT2D eigenvalue weighted by Crippen LogP contribution is 2.27. The van der Waals surface area contributed by atoms with Crippen LogP contribution in [0.5, 0.6) is 0 Å². The quantitative estimate of drug-likeness (QED) is 0.814. The molecule has 7 heteroatoms. The minimum absolute atomic E-state index is 0.118. The SMILES string of the molecule is CCOC(=O)c1cn(-c2cccc(Cl)c2Cl)nn1. The van der Waals surface area contributed by atoms with Crippen molar-refractivity contribution in [3.8, 4) is 5.69 Å². The zero-order valence-corrected chi connectivity index (χ0v) is 10.9. The second kappa shape index (κ2) is 5.37. The molecule has 0 N–H and O–H groups in total. The van der Waals surface area contributed by atoms with E-state index in [9.17, 15) is 4.79 Å². The van der Waals surface area contributed by atoms with Gasteiger partial charge in [0.2, 0.25) is 0 Å². The molecule has 0 spiro atoms. The van der Waals surface area contributed by atoms with Gasteiger partial charge in [0, 0.05) is 0 Å². The fourth-order valence-corrected chi connectivity index (χ4v) is 1.73. The Morgan fingerprint density at radius 2 is 2.22 bits per heavy atom. The van der Waals surface area contributed by atoms with Crippen molar-refractivity contribution in [3.05, 3.63) is 40.1 Å². The molecule has 0 aliphatic heterocycles. The van der Waals surface area contributed by atoms with Gasteiger partial charge in [-0.2, -0.15) is 0 Å². The molecule has 1 aromatic heterocycles. The van der Waals surface area contributed by atoms with Crippen LogP contribution in [-0.4, -0.2) is 27.6 Å². The number of benzene rings is 1. The van der Waals surface area contributed by atoms with Gasteiger partial charge in [-0.1, -0.05) is 34.5 Å². The maximum Gasteiger partial charge on any atom is 0.360 e. The van der Waals surface area contributed by atoms with Crippen LogP contribution < -0.4 is 0 Å². The number of hydrogen-bond donors (Lipinski definition) is 0. The molecule has 0 bridgehead atoms. The van der Waals surface area contributed by atoms with Crippen molar-refractivity contribution in [2.24, 2.45) is 0 Å². The molecule has 18 heavy (non-hydrogen) atoms. The number of carbonyl (C=O) groups is 1. The molecule has 0 unspecified atom stereocenters. The van der Waals surface area contributed by atoms with Crippen LogP contribution in [0.1, 0.15) is 17.4 Å². The number of carbonyl (C=O) groups excluding carboxylic acids is 1. The molecule has 94 valence electrons. The number of hydrogen-bond acceptors (Lipinski definition) is 4. The lowest BCUT2D eigenvalue weighted by molar-refractivity contribution is 0.0519. The van der Waals surface area contributed by atoms with E-state index in [1.165, 1.54) is 10.9 Å². The van der Waals surface area contributed by atoms with E-state index in [0.29, 0.717) is 15.7 Å². The lowest BCUT2D eigenvalue weighted by Crippen LogP contribution is -2.04. The molecular weight excluding hydrogens is 277 g/mol. The summed E-state index contributed by atoms with van der Waals surface area (Å²) in [5.74, 6) is -0.526. The molecule has 1 aromatic carbocycles. The summed E-state index contributed by atoms with van der Waals surface area (Å²) in [5.41, 5.74) is 0.667. The van der Waals surface area contributed by atoms with Crippen LogP contribution in [0.25, 0.3) is 5.69 Å². The first-order chi connectivity index (χ1) is 8.63. The summed E-state index contributed by atoms with van der Waals surface area (Å²) < 4.78 is 6.19. The number of rotatable bonds is 3. The molecule has 5 nitrogen and oxygen atoms in total. The predicted octanol–water partition coefficient (Wildman–Crippen LogP) is 2.75.